The molecule has 0 aliphatic rings. The van der Waals surface area contributed by atoms with Crippen LogP contribution in [0.1, 0.15) is 30.5 Å². The number of hydrogen-bond donors (Lipinski definition) is 1. The number of halogens is 1. The highest BCUT2D eigenvalue weighted by molar-refractivity contribution is 7.92. The van der Waals surface area contributed by atoms with Gasteiger partial charge in [-0.3, -0.25) is 13.9 Å². The Balaban J connectivity index is 2.04. The van der Waals surface area contributed by atoms with E-state index >= 15 is 0 Å². The molecule has 7 nitrogen and oxygen atoms in total. The van der Waals surface area contributed by atoms with Crippen LogP contribution in [0.5, 0.6) is 0 Å². The van der Waals surface area contributed by atoms with Crippen molar-refractivity contribution in [2.24, 2.45) is 0 Å². The Morgan fingerprint density at radius 3 is 2.27 bits per heavy atom. The summed E-state index contributed by atoms with van der Waals surface area (Å²) in [6.07, 6.45) is 0. The van der Waals surface area contributed by atoms with Gasteiger partial charge in [-0.15, -0.1) is 0 Å². The van der Waals surface area contributed by atoms with Gasteiger partial charge < -0.3 is 10.2 Å². The highest BCUT2D eigenvalue weighted by Gasteiger charge is 2.33. The van der Waals surface area contributed by atoms with Crippen molar-refractivity contribution in [2.45, 2.75) is 45.2 Å². The van der Waals surface area contributed by atoms with E-state index in [4.69, 9.17) is 11.6 Å². The van der Waals surface area contributed by atoms with Crippen molar-refractivity contribution in [3.8, 4) is 0 Å². The third-order valence-corrected chi connectivity index (χ3v) is 8.04. The summed E-state index contributed by atoms with van der Waals surface area (Å²) in [5.74, 6) is -0.812. The van der Waals surface area contributed by atoms with Crippen LogP contribution in [0, 0.1) is 13.8 Å². The molecule has 9 heteroatoms. The number of carbonyl (C=O) groups excluding carboxylic acids is 2. The number of rotatable bonds is 10. The van der Waals surface area contributed by atoms with Gasteiger partial charge in [-0.1, -0.05) is 59.6 Å². The van der Waals surface area contributed by atoms with Crippen molar-refractivity contribution < 1.29 is 18.0 Å². The molecular weight excluding hydrogens is 510 g/mol. The van der Waals surface area contributed by atoms with Gasteiger partial charge in [0.1, 0.15) is 12.6 Å². The molecular formula is C28H32ClN3O4S. The molecule has 0 heterocycles. The number of sulfonamides is 1. The van der Waals surface area contributed by atoms with Gasteiger partial charge in [0, 0.05) is 18.1 Å². The van der Waals surface area contributed by atoms with Crippen molar-refractivity contribution in [1.29, 1.82) is 0 Å². The number of likely N-dealkylation sites (N-methyl/N-ethyl adjacent to an activating group) is 1. The molecule has 196 valence electrons. The van der Waals surface area contributed by atoms with Gasteiger partial charge in [0.2, 0.25) is 11.8 Å². The zero-order chi connectivity index (χ0) is 27.2. The molecule has 0 aromatic heterocycles. The van der Waals surface area contributed by atoms with Crippen LogP contribution in [0.25, 0.3) is 0 Å². The van der Waals surface area contributed by atoms with E-state index in [1.165, 1.54) is 29.2 Å². The Hall–Kier alpha value is -3.36. The van der Waals surface area contributed by atoms with E-state index in [1.54, 1.807) is 45.0 Å². The van der Waals surface area contributed by atoms with Crippen molar-refractivity contribution in [3.63, 3.8) is 0 Å². The predicted molar refractivity (Wildman–Crippen MR) is 147 cm³/mol. The lowest BCUT2D eigenvalue weighted by molar-refractivity contribution is -0.139. The molecule has 0 radical (unpaired) electrons. The number of hydrogen-bond acceptors (Lipinski definition) is 4. The molecule has 2 amide bonds. The van der Waals surface area contributed by atoms with E-state index in [0.717, 1.165) is 15.4 Å². The van der Waals surface area contributed by atoms with Gasteiger partial charge in [0.15, 0.2) is 0 Å². The number of anilines is 1. The van der Waals surface area contributed by atoms with Crippen molar-refractivity contribution in [2.75, 3.05) is 17.4 Å². The van der Waals surface area contributed by atoms with Crippen LogP contribution in [-0.4, -0.2) is 44.3 Å². The lowest BCUT2D eigenvalue weighted by Crippen LogP contribution is -2.51. The molecule has 0 saturated heterocycles. The maximum atomic E-state index is 13.8. The van der Waals surface area contributed by atoms with E-state index in [0.29, 0.717) is 22.8 Å². The zero-order valence-electron chi connectivity index (χ0n) is 21.4. The number of benzene rings is 3. The monoisotopic (exact) mass is 541 g/mol. The molecule has 0 bridgehead atoms. The average Bonchev–Trinajstić information content (AvgIpc) is 2.86. The number of nitrogens with one attached hydrogen (secondary N) is 1. The van der Waals surface area contributed by atoms with Gasteiger partial charge in [-0.05, 0) is 69.2 Å². The first-order valence-corrected chi connectivity index (χ1v) is 13.8. The fourth-order valence-electron chi connectivity index (χ4n) is 4.00. The SMILES string of the molecule is CCNC(=O)C(C)N(Cc1cccc(C)c1)C(=O)CN(c1ccccc1C)S(=O)(=O)c1ccc(Cl)cc1. The second kappa shape index (κ2) is 12.3. The summed E-state index contributed by atoms with van der Waals surface area (Å²) in [7, 11) is -4.13. The second-order valence-corrected chi connectivity index (χ2v) is 11.1. The Bertz CT molecular complexity index is 1360. The lowest BCUT2D eigenvalue weighted by Gasteiger charge is -2.32. The third-order valence-electron chi connectivity index (χ3n) is 6.02. The van der Waals surface area contributed by atoms with E-state index in [1.807, 2.05) is 31.2 Å². The van der Waals surface area contributed by atoms with Crippen molar-refractivity contribution >= 4 is 39.1 Å². The molecule has 0 aliphatic heterocycles. The number of nitrogens with zero attached hydrogens (tertiary/aromatic N) is 2. The van der Waals surface area contributed by atoms with E-state index in [2.05, 4.69) is 5.32 Å². The molecule has 0 fully saturated rings. The highest BCUT2D eigenvalue weighted by Crippen LogP contribution is 2.28. The number of para-hydroxylation sites is 1. The number of amides is 2. The predicted octanol–water partition coefficient (Wildman–Crippen LogP) is 4.71. The van der Waals surface area contributed by atoms with Crippen LogP contribution in [0.3, 0.4) is 0 Å². The van der Waals surface area contributed by atoms with Crippen LogP contribution in [0.4, 0.5) is 5.69 Å². The standard InChI is InChI=1S/C28H32ClN3O4S/c1-5-30-28(34)22(4)31(18-23-11-8-9-20(2)17-23)27(33)19-32(26-12-7-6-10-21(26)3)37(35,36)25-15-13-24(29)14-16-25/h6-17,22H,5,18-19H2,1-4H3,(H,30,34). The molecule has 37 heavy (non-hydrogen) atoms. The topological polar surface area (TPSA) is 86.8 Å². The quantitative estimate of drug-likeness (QED) is 0.403. The zero-order valence-corrected chi connectivity index (χ0v) is 23.0. The van der Waals surface area contributed by atoms with Crippen LogP contribution >= 0.6 is 11.6 Å². The Kier molecular flexibility index (Phi) is 9.34. The lowest BCUT2D eigenvalue weighted by atomic mass is 10.1. The number of carbonyl (C=O) groups is 2. The Morgan fingerprint density at radius 1 is 0.973 bits per heavy atom. The molecule has 1 unspecified atom stereocenters. The molecule has 0 spiro atoms. The smallest absolute Gasteiger partial charge is 0.264 e. The summed E-state index contributed by atoms with van der Waals surface area (Å²) in [6.45, 7) is 7.26. The second-order valence-electron chi connectivity index (χ2n) is 8.83. The van der Waals surface area contributed by atoms with Crippen molar-refractivity contribution in [1.82, 2.24) is 10.2 Å². The largest absolute Gasteiger partial charge is 0.355 e. The van der Waals surface area contributed by atoms with Crippen LogP contribution < -0.4 is 9.62 Å². The minimum absolute atomic E-state index is 0.00922. The van der Waals surface area contributed by atoms with Crippen LogP contribution in [0.15, 0.2) is 77.7 Å². The minimum atomic E-state index is -4.13. The first-order valence-electron chi connectivity index (χ1n) is 12.0. The molecule has 3 aromatic carbocycles. The normalized spacial score (nSPS) is 12.0. The summed E-state index contributed by atoms with van der Waals surface area (Å²) in [5, 5.41) is 3.16. The van der Waals surface area contributed by atoms with Gasteiger partial charge in [0.25, 0.3) is 10.0 Å². The first-order chi connectivity index (χ1) is 17.5. The minimum Gasteiger partial charge on any atom is -0.355 e. The maximum absolute atomic E-state index is 13.8. The first kappa shape index (κ1) is 28.2. The third kappa shape index (κ3) is 6.90. The molecule has 0 saturated carbocycles. The van der Waals surface area contributed by atoms with Gasteiger partial charge in [-0.2, -0.15) is 0 Å². The maximum Gasteiger partial charge on any atom is 0.264 e. The van der Waals surface area contributed by atoms with Gasteiger partial charge >= 0.3 is 0 Å². The Morgan fingerprint density at radius 2 is 1.65 bits per heavy atom. The Labute approximate surface area is 224 Å². The van der Waals surface area contributed by atoms with Crippen LogP contribution in [-0.2, 0) is 26.2 Å². The van der Waals surface area contributed by atoms with E-state index < -0.39 is 28.5 Å². The highest BCUT2D eigenvalue weighted by atomic mass is 35.5. The summed E-state index contributed by atoms with van der Waals surface area (Å²) in [6, 6.07) is 19.6. The molecule has 3 rings (SSSR count). The molecule has 1 N–H and O–H groups in total. The average molecular weight is 542 g/mol. The molecule has 0 aliphatic carbocycles. The summed E-state index contributed by atoms with van der Waals surface area (Å²) < 4.78 is 28.7. The molecule has 3 aromatic rings. The van der Waals surface area contributed by atoms with Gasteiger partial charge in [-0.25, -0.2) is 8.42 Å². The van der Waals surface area contributed by atoms with E-state index in [-0.39, 0.29) is 17.3 Å². The van der Waals surface area contributed by atoms with Crippen molar-refractivity contribution in [3.05, 3.63) is 94.5 Å². The van der Waals surface area contributed by atoms with Gasteiger partial charge in [0.05, 0.1) is 10.6 Å². The fourth-order valence-corrected chi connectivity index (χ4v) is 5.61. The number of aryl methyl sites for hydroxylation is 2. The fraction of sp³-hybridized carbons (Fsp3) is 0.286. The summed E-state index contributed by atoms with van der Waals surface area (Å²) >= 11 is 5.98. The summed E-state index contributed by atoms with van der Waals surface area (Å²) in [4.78, 5) is 28.0. The van der Waals surface area contributed by atoms with E-state index in [9.17, 15) is 18.0 Å². The van der Waals surface area contributed by atoms with Crippen LogP contribution in [0.2, 0.25) is 5.02 Å². The summed E-state index contributed by atoms with van der Waals surface area (Å²) in [5.41, 5.74) is 2.93. The molecule has 1 atom stereocenters.